The number of carbonyl (C=O) groups is 2. The molecule has 2 aliphatic rings. The number of amides is 1. The third kappa shape index (κ3) is 7.85. The fourth-order valence-corrected chi connectivity index (χ4v) is 5.91. The van der Waals surface area contributed by atoms with Crippen LogP contribution >= 0.6 is 11.6 Å². The molecule has 4 nitrogen and oxygen atoms in total. The van der Waals surface area contributed by atoms with Crippen LogP contribution in [-0.2, 0) is 4.74 Å². The van der Waals surface area contributed by atoms with E-state index in [1.165, 1.54) is 0 Å². The van der Waals surface area contributed by atoms with Crippen molar-refractivity contribution in [1.29, 1.82) is 0 Å². The molecular formula is C32H35ClF3NO3. The second-order valence-corrected chi connectivity index (χ2v) is 11.3. The number of benzene rings is 2. The lowest BCUT2D eigenvalue weighted by Gasteiger charge is -2.23. The Balaban J connectivity index is 1.39. The lowest BCUT2D eigenvalue weighted by Crippen LogP contribution is -2.36. The predicted molar refractivity (Wildman–Crippen MR) is 152 cm³/mol. The molecule has 2 aromatic rings. The molecule has 0 bridgehead atoms. The van der Waals surface area contributed by atoms with Crippen LogP contribution in [0.1, 0.15) is 64.8 Å². The van der Waals surface area contributed by atoms with Crippen LogP contribution in [0.15, 0.2) is 48.6 Å². The Bertz CT molecular complexity index is 1370. The number of ketones is 1. The van der Waals surface area contributed by atoms with Gasteiger partial charge in [0.25, 0.3) is 5.91 Å². The predicted octanol–water partition coefficient (Wildman–Crippen LogP) is 6.17. The van der Waals surface area contributed by atoms with Crippen molar-refractivity contribution in [2.45, 2.75) is 51.6 Å². The third-order valence-corrected chi connectivity index (χ3v) is 8.20. The average molecular weight is 574 g/mol. The molecular weight excluding hydrogens is 539 g/mol. The van der Waals surface area contributed by atoms with Crippen LogP contribution in [0.4, 0.5) is 13.2 Å². The molecule has 0 aliphatic heterocycles. The van der Waals surface area contributed by atoms with E-state index in [0.29, 0.717) is 16.5 Å². The molecule has 8 heteroatoms. The molecule has 1 amide bonds. The van der Waals surface area contributed by atoms with Gasteiger partial charge in [-0.05, 0) is 90.4 Å². The molecule has 2 aliphatic carbocycles. The first-order chi connectivity index (χ1) is 19.0. The van der Waals surface area contributed by atoms with Crippen molar-refractivity contribution in [3.63, 3.8) is 0 Å². The van der Waals surface area contributed by atoms with Gasteiger partial charge in [0.05, 0.1) is 6.61 Å². The number of hydrogen-bond donors (Lipinski definition) is 1. The Kier molecular flexibility index (Phi) is 9.90. The first kappa shape index (κ1) is 30.1. The summed E-state index contributed by atoms with van der Waals surface area (Å²) in [5.41, 5.74) is 3.07. The Morgan fingerprint density at radius 3 is 2.55 bits per heavy atom. The molecule has 3 unspecified atom stereocenters. The van der Waals surface area contributed by atoms with E-state index < -0.39 is 12.8 Å². The summed E-state index contributed by atoms with van der Waals surface area (Å²) in [7, 11) is 0. The fourth-order valence-electron chi connectivity index (χ4n) is 5.78. The minimum Gasteiger partial charge on any atom is -0.370 e. The number of allylic oxidation sites excluding steroid dienone is 1. The molecule has 0 radical (unpaired) electrons. The summed E-state index contributed by atoms with van der Waals surface area (Å²) < 4.78 is 41.3. The van der Waals surface area contributed by atoms with Crippen LogP contribution < -0.4 is 15.8 Å². The number of ether oxygens (including phenoxy) is 1. The van der Waals surface area contributed by atoms with Gasteiger partial charge in [0, 0.05) is 34.5 Å². The number of Topliss-reactive ketones (excluding diaryl/α,β-unsaturated/α-hetero) is 1. The van der Waals surface area contributed by atoms with Crippen molar-refractivity contribution in [2.24, 2.45) is 17.8 Å². The lowest BCUT2D eigenvalue weighted by atomic mass is 9.81. The third-order valence-electron chi connectivity index (χ3n) is 7.95. The van der Waals surface area contributed by atoms with Gasteiger partial charge < -0.3 is 10.1 Å². The second-order valence-electron chi connectivity index (χ2n) is 10.8. The zero-order valence-corrected chi connectivity index (χ0v) is 23.4. The smallest absolute Gasteiger partial charge is 0.370 e. The van der Waals surface area contributed by atoms with E-state index in [4.69, 9.17) is 11.6 Å². The molecule has 1 saturated carbocycles. The van der Waals surface area contributed by atoms with E-state index in [1.807, 2.05) is 13.0 Å². The van der Waals surface area contributed by atoms with E-state index in [0.717, 1.165) is 65.7 Å². The van der Waals surface area contributed by atoms with E-state index in [9.17, 15) is 22.8 Å². The summed E-state index contributed by atoms with van der Waals surface area (Å²) in [6, 6.07) is 10.8. The summed E-state index contributed by atoms with van der Waals surface area (Å²) in [5, 5.41) is 5.26. The van der Waals surface area contributed by atoms with Gasteiger partial charge in [-0.2, -0.15) is 13.2 Å². The molecule has 2 aromatic carbocycles. The van der Waals surface area contributed by atoms with Gasteiger partial charge in [-0.25, -0.2) is 0 Å². The first-order valence-corrected chi connectivity index (χ1v) is 14.1. The topological polar surface area (TPSA) is 55.4 Å². The summed E-state index contributed by atoms with van der Waals surface area (Å²) in [4.78, 5) is 25.8. The van der Waals surface area contributed by atoms with Crippen molar-refractivity contribution >= 4 is 35.4 Å². The van der Waals surface area contributed by atoms with Crippen molar-refractivity contribution in [1.82, 2.24) is 5.32 Å². The zero-order chi connectivity index (χ0) is 28.9. The molecule has 0 heterocycles. The highest BCUT2D eigenvalue weighted by molar-refractivity contribution is 6.30. The van der Waals surface area contributed by atoms with Gasteiger partial charge in [-0.15, -0.1) is 0 Å². The number of carbonyl (C=O) groups excluding carboxylic acids is 2. The van der Waals surface area contributed by atoms with Gasteiger partial charge in [0.2, 0.25) is 0 Å². The van der Waals surface area contributed by atoms with Gasteiger partial charge in [0.1, 0.15) is 6.61 Å². The Morgan fingerprint density at radius 1 is 1.07 bits per heavy atom. The molecule has 1 fully saturated rings. The van der Waals surface area contributed by atoms with Crippen molar-refractivity contribution in [3.8, 4) is 0 Å². The number of fused-ring (bicyclic) bond motifs is 1. The van der Waals surface area contributed by atoms with Gasteiger partial charge in [0.15, 0.2) is 5.78 Å². The number of halogens is 4. The van der Waals surface area contributed by atoms with Gasteiger partial charge in [-0.3, -0.25) is 9.59 Å². The number of nitrogens with one attached hydrogen (secondary N) is 1. The SMILES string of the molecule is C=C1C=c2ccc(C(=O)NCCOCC(F)(F)F)c(C)c2=CC1CC1CCCC(C(=O)c2ccc(Cl)cc2)CC1. The average Bonchev–Trinajstić information content (AvgIpc) is 3.14. The maximum atomic E-state index is 13.1. The van der Waals surface area contributed by atoms with E-state index in [2.05, 4.69) is 28.8 Å². The summed E-state index contributed by atoms with van der Waals surface area (Å²) in [6.45, 7) is 4.64. The number of hydrogen-bond acceptors (Lipinski definition) is 3. The Morgan fingerprint density at radius 2 is 1.82 bits per heavy atom. The Hall–Kier alpha value is -2.90. The summed E-state index contributed by atoms with van der Waals surface area (Å²) >= 11 is 5.98. The van der Waals surface area contributed by atoms with Crippen LogP contribution in [0.25, 0.3) is 12.2 Å². The summed E-state index contributed by atoms with van der Waals surface area (Å²) in [5.74, 6) is 0.486. The van der Waals surface area contributed by atoms with E-state index in [1.54, 1.807) is 30.3 Å². The molecule has 40 heavy (non-hydrogen) atoms. The molecule has 0 aromatic heterocycles. The number of rotatable bonds is 9. The largest absolute Gasteiger partial charge is 0.411 e. The Labute approximate surface area is 237 Å². The molecule has 0 spiro atoms. The highest BCUT2D eigenvalue weighted by Crippen LogP contribution is 2.35. The quantitative estimate of drug-likeness (QED) is 0.222. The normalized spacial score (nSPS) is 21.0. The van der Waals surface area contributed by atoms with Crippen LogP contribution in [0.3, 0.4) is 0 Å². The van der Waals surface area contributed by atoms with Gasteiger partial charge in [-0.1, -0.05) is 49.2 Å². The zero-order valence-electron chi connectivity index (χ0n) is 22.7. The van der Waals surface area contributed by atoms with Crippen LogP contribution in [0, 0.1) is 24.7 Å². The second kappa shape index (κ2) is 13.2. The van der Waals surface area contributed by atoms with Crippen molar-refractivity contribution in [3.05, 3.63) is 80.7 Å². The van der Waals surface area contributed by atoms with Crippen LogP contribution in [-0.4, -0.2) is 37.6 Å². The molecule has 214 valence electrons. The molecule has 0 saturated heterocycles. The highest BCUT2D eigenvalue weighted by atomic mass is 35.5. The molecule has 4 rings (SSSR count). The molecule has 1 N–H and O–H groups in total. The fraction of sp³-hybridized carbons (Fsp3) is 0.438. The monoisotopic (exact) mass is 573 g/mol. The van der Waals surface area contributed by atoms with Crippen LogP contribution in [0.5, 0.6) is 0 Å². The lowest BCUT2D eigenvalue weighted by molar-refractivity contribution is -0.173. The highest BCUT2D eigenvalue weighted by Gasteiger charge is 2.28. The van der Waals surface area contributed by atoms with Gasteiger partial charge >= 0.3 is 6.18 Å². The molecule has 3 atom stereocenters. The maximum absolute atomic E-state index is 13.1. The minimum atomic E-state index is -4.39. The van der Waals surface area contributed by atoms with Crippen molar-refractivity contribution in [2.75, 3.05) is 19.8 Å². The van der Waals surface area contributed by atoms with Crippen LogP contribution in [0.2, 0.25) is 5.02 Å². The van der Waals surface area contributed by atoms with E-state index in [-0.39, 0.29) is 36.7 Å². The van der Waals surface area contributed by atoms with E-state index >= 15 is 0 Å². The number of alkyl halides is 3. The minimum absolute atomic E-state index is 0.0100. The first-order valence-electron chi connectivity index (χ1n) is 13.8. The van der Waals surface area contributed by atoms with Crippen molar-refractivity contribution < 1.29 is 27.5 Å². The standard InChI is InChI=1S/C32H35ClF3NO3/c1-20-16-25-10-13-28(31(39)37-14-15-40-19-32(34,35)36)21(2)29(25)18-26(20)17-22-4-3-5-23(7-6-22)30(38)24-8-11-27(33)12-9-24/h8-13,16,18,22-23,26H,1,3-7,14-15,17,19H2,2H3,(H,37,39). The summed E-state index contributed by atoms with van der Waals surface area (Å²) in [6.07, 6.45) is 5.61. The maximum Gasteiger partial charge on any atom is 0.411 e.